The SMILES string of the molecule is O=C(N=C1N(c2ccc(C(F)(F)F)cc2)C(=O)N(c2ccc(C(F)(F)F)cc2)C12COC2)Nc1ccc(C(F)(F)F)cc1. The van der Waals surface area contributed by atoms with Gasteiger partial charge in [-0.2, -0.15) is 44.5 Å². The lowest BCUT2D eigenvalue weighted by Gasteiger charge is -2.43. The Bertz CT molecular complexity index is 1560. The van der Waals surface area contributed by atoms with Crippen molar-refractivity contribution in [1.29, 1.82) is 0 Å². The average Bonchev–Trinajstić information content (AvgIpc) is 3.15. The highest BCUT2D eigenvalue weighted by Crippen LogP contribution is 2.43. The average molecular weight is 616 g/mol. The summed E-state index contributed by atoms with van der Waals surface area (Å²) in [6, 6.07) is 8.00. The van der Waals surface area contributed by atoms with Crippen molar-refractivity contribution in [2.45, 2.75) is 24.1 Å². The zero-order valence-electron chi connectivity index (χ0n) is 21.3. The number of aliphatic imine (C=N–C) groups is 1. The molecule has 2 aliphatic rings. The number of amides is 4. The number of ether oxygens (including phenoxy) is 1. The Morgan fingerprint density at radius 2 is 1.12 bits per heavy atom. The molecule has 3 aromatic rings. The number of anilines is 3. The van der Waals surface area contributed by atoms with Crippen LogP contribution >= 0.6 is 0 Å². The Balaban J connectivity index is 1.56. The number of hydrogen-bond donors (Lipinski definition) is 1. The molecule has 0 bridgehead atoms. The number of urea groups is 2. The normalized spacial score (nSPS) is 17.9. The number of nitrogens with zero attached hydrogens (tertiary/aromatic N) is 3. The molecule has 1 spiro atoms. The van der Waals surface area contributed by atoms with Gasteiger partial charge in [0.2, 0.25) is 0 Å². The van der Waals surface area contributed by atoms with Gasteiger partial charge in [-0.3, -0.25) is 4.90 Å². The number of carbonyl (C=O) groups excluding carboxylic acids is 2. The molecule has 7 nitrogen and oxygen atoms in total. The summed E-state index contributed by atoms with van der Waals surface area (Å²) in [4.78, 5) is 32.6. The van der Waals surface area contributed by atoms with E-state index in [2.05, 4.69) is 10.3 Å². The maximum atomic E-state index is 13.8. The Labute approximate surface area is 236 Å². The van der Waals surface area contributed by atoms with Crippen LogP contribution in [0.3, 0.4) is 0 Å². The molecule has 0 atom stereocenters. The minimum Gasteiger partial charge on any atom is -0.375 e. The molecule has 2 heterocycles. The van der Waals surface area contributed by atoms with E-state index in [1.54, 1.807) is 0 Å². The Morgan fingerprint density at radius 1 is 0.698 bits per heavy atom. The third kappa shape index (κ3) is 5.61. The molecule has 5 rings (SSSR count). The van der Waals surface area contributed by atoms with Crippen LogP contribution in [0.15, 0.2) is 77.8 Å². The van der Waals surface area contributed by atoms with Crippen LogP contribution in [-0.2, 0) is 23.3 Å². The summed E-state index contributed by atoms with van der Waals surface area (Å²) < 4.78 is 123. The highest BCUT2D eigenvalue weighted by Gasteiger charge is 2.61. The maximum Gasteiger partial charge on any atom is 0.416 e. The van der Waals surface area contributed by atoms with Crippen LogP contribution in [0, 0.1) is 0 Å². The highest BCUT2D eigenvalue weighted by molar-refractivity contribution is 6.34. The molecule has 2 fully saturated rings. The molecule has 3 aromatic carbocycles. The first-order valence-electron chi connectivity index (χ1n) is 12.1. The number of alkyl halides is 9. The van der Waals surface area contributed by atoms with Crippen LogP contribution < -0.4 is 15.1 Å². The maximum absolute atomic E-state index is 13.8. The van der Waals surface area contributed by atoms with Gasteiger partial charge in [0.05, 0.1) is 35.6 Å². The molecule has 2 saturated heterocycles. The zero-order valence-corrected chi connectivity index (χ0v) is 21.3. The summed E-state index contributed by atoms with van der Waals surface area (Å²) >= 11 is 0. The van der Waals surface area contributed by atoms with Gasteiger partial charge in [0.15, 0.2) is 11.4 Å². The van der Waals surface area contributed by atoms with Gasteiger partial charge in [0.25, 0.3) is 0 Å². The van der Waals surface area contributed by atoms with E-state index in [1.807, 2.05) is 0 Å². The van der Waals surface area contributed by atoms with E-state index in [4.69, 9.17) is 4.74 Å². The van der Waals surface area contributed by atoms with Gasteiger partial charge in [0, 0.05) is 11.4 Å². The van der Waals surface area contributed by atoms with Gasteiger partial charge in [0.1, 0.15) is 0 Å². The van der Waals surface area contributed by atoms with Gasteiger partial charge in [-0.1, -0.05) is 0 Å². The molecular weight excluding hydrogens is 599 g/mol. The number of nitrogens with one attached hydrogen (secondary N) is 1. The summed E-state index contributed by atoms with van der Waals surface area (Å²) in [6.07, 6.45) is -14.0. The molecule has 4 amide bonds. The molecule has 0 radical (unpaired) electrons. The molecule has 0 aliphatic carbocycles. The fraction of sp³-hybridized carbons (Fsp3) is 0.222. The molecule has 226 valence electrons. The topological polar surface area (TPSA) is 74.2 Å². The van der Waals surface area contributed by atoms with Crippen LogP contribution in [0.25, 0.3) is 0 Å². The minimum absolute atomic E-state index is 0.0495. The summed E-state index contributed by atoms with van der Waals surface area (Å²) in [5.74, 6) is -0.326. The first-order chi connectivity index (χ1) is 20.0. The van der Waals surface area contributed by atoms with Gasteiger partial charge in [-0.05, 0) is 72.8 Å². The monoisotopic (exact) mass is 616 g/mol. The molecule has 0 aromatic heterocycles. The van der Waals surface area contributed by atoms with Crippen LogP contribution in [0.5, 0.6) is 0 Å². The van der Waals surface area contributed by atoms with E-state index in [0.29, 0.717) is 24.3 Å². The second-order valence-corrected chi connectivity index (χ2v) is 9.51. The van der Waals surface area contributed by atoms with Crippen LogP contribution in [0.4, 0.5) is 66.2 Å². The van der Waals surface area contributed by atoms with E-state index in [-0.39, 0.29) is 36.1 Å². The van der Waals surface area contributed by atoms with Crippen molar-refractivity contribution >= 4 is 35.0 Å². The second-order valence-electron chi connectivity index (χ2n) is 9.51. The van der Waals surface area contributed by atoms with Crippen molar-refractivity contribution in [3.63, 3.8) is 0 Å². The van der Waals surface area contributed by atoms with E-state index in [1.165, 1.54) is 0 Å². The van der Waals surface area contributed by atoms with Gasteiger partial charge < -0.3 is 10.1 Å². The molecule has 0 saturated carbocycles. The van der Waals surface area contributed by atoms with Crippen molar-refractivity contribution in [2.75, 3.05) is 28.3 Å². The van der Waals surface area contributed by atoms with Crippen molar-refractivity contribution < 1.29 is 53.8 Å². The van der Waals surface area contributed by atoms with Crippen molar-refractivity contribution in [3.8, 4) is 0 Å². The van der Waals surface area contributed by atoms with Gasteiger partial charge in [-0.25, -0.2) is 14.5 Å². The number of amidine groups is 1. The third-order valence-corrected chi connectivity index (χ3v) is 6.70. The lowest BCUT2D eigenvalue weighted by Crippen LogP contribution is -2.64. The standard InChI is InChI=1S/C27H17F9N4O3/c28-25(29,30)15-1-7-18(8-2-15)37-22(41)38-21-24(13-43-14-24)40(20-11-5-17(6-12-20)27(34,35)36)23(42)39(21)19-9-3-16(4-10-19)26(31,32)33/h1-12H,13-14H2,(H,37,41). The highest BCUT2D eigenvalue weighted by atomic mass is 19.4. The van der Waals surface area contributed by atoms with Crippen LogP contribution in [-0.4, -0.2) is 36.7 Å². The number of hydrogen-bond acceptors (Lipinski definition) is 3. The minimum atomic E-state index is -4.71. The third-order valence-electron chi connectivity index (χ3n) is 6.70. The molecule has 16 heteroatoms. The van der Waals surface area contributed by atoms with Gasteiger partial charge in [-0.15, -0.1) is 0 Å². The fourth-order valence-electron chi connectivity index (χ4n) is 4.57. The predicted octanol–water partition coefficient (Wildman–Crippen LogP) is 7.59. The quantitative estimate of drug-likeness (QED) is 0.308. The molecular formula is C27H17F9N4O3. The number of benzene rings is 3. The summed E-state index contributed by atoms with van der Waals surface area (Å²) in [6.45, 7) is -0.577. The van der Waals surface area contributed by atoms with Crippen molar-refractivity contribution in [3.05, 3.63) is 89.5 Å². The number of halogens is 9. The van der Waals surface area contributed by atoms with Crippen LogP contribution in [0.2, 0.25) is 0 Å². The van der Waals surface area contributed by atoms with Crippen LogP contribution in [0.1, 0.15) is 16.7 Å². The van der Waals surface area contributed by atoms with E-state index in [9.17, 15) is 49.1 Å². The molecule has 0 unspecified atom stereocenters. The van der Waals surface area contributed by atoms with E-state index >= 15 is 0 Å². The smallest absolute Gasteiger partial charge is 0.375 e. The van der Waals surface area contributed by atoms with Crippen molar-refractivity contribution in [1.82, 2.24) is 0 Å². The Kier molecular flexibility index (Phi) is 7.15. The first kappa shape index (κ1) is 29.9. The number of rotatable bonds is 3. The lowest BCUT2D eigenvalue weighted by atomic mass is 9.93. The summed E-state index contributed by atoms with van der Waals surface area (Å²) in [7, 11) is 0. The van der Waals surface area contributed by atoms with Gasteiger partial charge >= 0.3 is 30.6 Å². The Morgan fingerprint density at radius 3 is 1.51 bits per heavy atom. The fourth-order valence-corrected chi connectivity index (χ4v) is 4.57. The Hall–Kier alpha value is -4.60. The van der Waals surface area contributed by atoms with Crippen molar-refractivity contribution in [2.24, 2.45) is 4.99 Å². The first-order valence-corrected chi connectivity index (χ1v) is 12.1. The van der Waals surface area contributed by atoms with E-state index < -0.39 is 52.8 Å². The summed E-state index contributed by atoms with van der Waals surface area (Å²) in [5.41, 5.74) is -4.88. The molecule has 2 aliphatic heterocycles. The largest absolute Gasteiger partial charge is 0.416 e. The van der Waals surface area contributed by atoms with E-state index in [0.717, 1.165) is 58.3 Å². The lowest BCUT2D eigenvalue weighted by molar-refractivity contribution is -0.138. The zero-order chi connectivity index (χ0) is 31.4. The predicted molar refractivity (Wildman–Crippen MR) is 135 cm³/mol. The molecule has 1 N–H and O–H groups in total. The molecule has 43 heavy (non-hydrogen) atoms. The summed E-state index contributed by atoms with van der Waals surface area (Å²) in [5, 5.41) is 2.26. The number of carbonyl (C=O) groups is 2. The second kappa shape index (κ2) is 10.3.